The molecule has 0 radical (unpaired) electrons. The predicted molar refractivity (Wildman–Crippen MR) is 138 cm³/mol. The van der Waals surface area contributed by atoms with Crippen LogP contribution in [0.1, 0.15) is 25.8 Å². The van der Waals surface area contributed by atoms with Gasteiger partial charge in [-0.3, -0.25) is 10.1 Å². The summed E-state index contributed by atoms with van der Waals surface area (Å²) in [7, 11) is 0. The zero-order valence-corrected chi connectivity index (χ0v) is 20.1. The Morgan fingerprint density at radius 2 is 1.74 bits per heavy atom. The smallest absolute Gasteiger partial charge is 0.319 e. The minimum atomic E-state index is -0.730. The molecular formula is C26H27N5O2S. The van der Waals surface area contributed by atoms with Crippen molar-refractivity contribution in [3.05, 3.63) is 72.3 Å². The summed E-state index contributed by atoms with van der Waals surface area (Å²) in [6.45, 7) is 5.93. The molecule has 2 atom stereocenters. The van der Waals surface area contributed by atoms with Gasteiger partial charge in [-0.25, -0.2) is 4.79 Å². The molecule has 0 saturated heterocycles. The minimum absolute atomic E-state index is 0.0811. The van der Waals surface area contributed by atoms with Crippen LogP contribution in [0.3, 0.4) is 0 Å². The van der Waals surface area contributed by atoms with Crippen LogP contribution in [0.4, 0.5) is 15.6 Å². The fraction of sp³-hybridized carbons (Fsp3) is 0.231. The van der Waals surface area contributed by atoms with E-state index in [-0.39, 0.29) is 11.8 Å². The Balaban J connectivity index is 1.46. The molecule has 4 aromatic rings. The van der Waals surface area contributed by atoms with Crippen LogP contribution in [0.2, 0.25) is 0 Å². The lowest BCUT2D eigenvalue weighted by molar-refractivity contribution is -0.119. The summed E-state index contributed by atoms with van der Waals surface area (Å²) in [4.78, 5) is 25.9. The molecule has 4 rings (SSSR count). The number of aryl methyl sites for hydroxylation is 1. The molecule has 7 nitrogen and oxygen atoms in total. The van der Waals surface area contributed by atoms with Crippen molar-refractivity contribution in [2.45, 2.75) is 33.2 Å². The fourth-order valence-electron chi connectivity index (χ4n) is 3.69. The van der Waals surface area contributed by atoms with Crippen molar-refractivity contribution in [3.8, 4) is 10.6 Å². The average molecular weight is 474 g/mol. The van der Waals surface area contributed by atoms with Crippen molar-refractivity contribution in [2.24, 2.45) is 5.92 Å². The van der Waals surface area contributed by atoms with E-state index in [1.54, 1.807) is 0 Å². The van der Waals surface area contributed by atoms with E-state index in [9.17, 15) is 9.59 Å². The van der Waals surface area contributed by atoms with Crippen molar-refractivity contribution in [1.82, 2.24) is 15.5 Å². The Morgan fingerprint density at radius 3 is 2.53 bits per heavy atom. The molecular weight excluding hydrogens is 446 g/mol. The second-order valence-corrected chi connectivity index (χ2v) is 9.24. The molecule has 8 heteroatoms. The molecule has 34 heavy (non-hydrogen) atoms. The molecule has 3 aromatic carbocycles. The maximum atomic E-state index is 13.1. The van der Waals surface area contributed by atoms with Gasteiger partial charge in [-0.1, -0.05) is 91.8 Å². The van der Waals surface area contributed by atoms with E-state index >= 15 is 0 Å². The number of anilines is 2. The lowest BCUT2D eigenvalue weighted by Gasteiger charge is -2.23. The number of hydrogen-bond donors (Lipinski definition) is 3. The summed E-state index contributed by atoms with van der Waals surface area (Å²) in [5, 5.41) is 20.0. The van der Waals surface area contributed by atoms with Crippen molar-refractivity contribution < 1.29 is 9.59 Å². The second kappa shape index (κ2) is 10.4. The number of aromatic nitrogens is 2. The SMILES string of the molecule is CCC(C)C(NC(=O)Nc1cccc2ccccc12)C(=O)Nc1nnc(-c2cccc(C)c2)s1. The summed E-state index contributed by atoms with van der Waals surface area (Å²) in [6.07, 6.45) is 0.720. The Labute approximate surface area is 202 Å². The molecule has 0 spiro atoms. The Kier molecular flexibility index (Phi) is 7.18. The highest BCUT2D eigenvalue weighted by Gasteiger charge is 2.27. The zero-order valence-electron chi connectivity index (χ0n) is 19.3. The van der Waals surface area contributed by atoms with Gasteiger partial charge < -0.3 is 10.6 Å². The van der Waals surface area contributed by atoms with E-state index in [0.29, 0.717) is 10.8 Å². The molecule has 2 unspecified atom stereocenters. The molecule has 0 bridgehead atoms. The molecule has 0 aliphatic heterocycles. The molecule has 174 valence electrons. The van der Waals surface area contributed by atoms with Crippen LogP contribution in [0.15, 0.2) is 66.7 Å². The average Bonchev–Trinajstić information content (AvgIpc) is 3.31. The first-order chi connectivity index (χ1) is 16.4. The number of carbonyl (C=O) groups is 2. The van der Waals surface area contributed by atoms with Crippen LogP contribution in [0, 0.1) is 12.8 Å². The topological polar surface area (TPSA) is 96.0 Å². The highest BCUT2D eigenvalue weighted by molar-refractivity contribution is 7.18. The number of hydrogen-bond acceptors (Lipinski definition) is 5. The number of urea groups is 1. The highest BCUT2D eigenvalue weighted by atomic mass is 32.1. The van der Waals surface area contributed by atoms with Crippen LogP contribution < -0.4 is 16.0 Å². The monoisotopic (exact) mass is 473 g/mol. The van der Waals surface area contributed by atoms with E-state index in [1.807, 2.05) is 87.5 Å². The van der Waals surface area contributed by atoms with Gasteiger partial charge in [0.25, 0.3) is 0 Å². The number of nitrogens with one attached hydrogen (secondary N) is 3. The van der Waals surface area contributed by atoms with E-state index < -0.39 is 12.1 Å². The highest BCUT2D eigenvalue weighted by Crippen LogP contribution is 2.27. The number of benzene rings is 3. The number of fused-ring (bicyclic) bond motifs is 1. The third kappa shape index (κ3) is 5.40. The van der Waals surface area contributed by atoms with E-state index in [2.05, 4.69) is 26.1 Å². The van der Waals surface area contributed by atoms with E-state index in [0.717, 1.165) is 33.3 Å². The van der Waals surface area contributed by atoms with Gasteiger partial charge in [0.05, 0.1) is 5.69 Å². The van der Waals surface area contributed by atoms with Gasteiger partial charge in [0.2, 0.25) is 11.0 Å². The van der Waals surface area contributed by atoms with Crippen LogP contribution in [-0.4, -0.2) is 28.2 Å². The first-order valence-corrected chi connectivity index (χ1v) is 12.0. The summed E-state index contributed by atoms with van der Waals surface area (Å²) in [5.41, 5.74) is 2.76. The summed E-state index contributed by atoms with van der Waals surface area (Å²) in [5.74, 6) is -0.406. The largest absolute Gasteiger partial charge is 0.326 e. The Morgan fingerprint density at radius 1 is 0.971 bits per heavy atom. The molecule has 0 aliphatic carbocycles. The molecule has 1 heterocycles. The maximum absolute atomic E-state index is 13.1. The van der Waals surface area contributed by atoms with Crippen LogP contribution in [-0.2, 0) is 4.79 Å². The lowest BCUT2D eigenvalue weighted by Crippen LogP contribution is -2.49. The zero-order chi connectivity index (χ0) is 24.1. The molecule has 0 saturated carbocycles. The summed E-state index contributed by atoms with van der Waals surface area (Å²) < 4.78 is 0. The second-order valence-electron chi connectivity index (χ2n) is 8.26. The predicted octanol–water partition coefficient (Wildman–Crippen LogP) is 5.84. The van der Waals surface area contributed by atoms with Crippen molar-refractivity contribution in [2.75, 3.05) is 10.6 Å². The molecule has 0 fully saturated rings. The standard InChI is InChI=1S/C26H27N5O2S/c1-4-17(3)22(28-25(33)27-21-14-8-11-18-10-5-6-13-20(18)21)23(32)29-26-31-30-24(34-26)19-12-7-9-16(2)15-19/h5-15,17,22H,4H2,1-3H3,(H2,27,28,33)(H,29,31,32). The maximum Gasteiger partial charge on any atom is 0.319 e. The molecule has 3 N–H and O–H groups in total. The van der Waals surface area contributed by atoms with Gasteiger partial charge in [-0.2, -0.15) is 0 Å². The number of nitrogens with zero attached hydrogens (tertiary/aromatic N) is 2. The lowest BCUT2D eigenvalue weighted by atomic mass is 9.98. The third-order valence-electron chi connectivity index (χ3n) is 5.74. The normalized spacial score (nSPS) is 12.7. The number of amides is 3. The van der Waals surface area contributed by atoms with Crippen molar-refractivity contribution in [1.29, 1.82) is 0 Å². The summed E-state index contributed by atoms with van der Waals surface area (Å²) >= 11 is 1.30. The molecule has 1 aromatic heterocycles. The van der Waals surface area contributed by atoms with Gasteiger partial charge in [0.15, 0.2) is 0 Å². The van der Waals surface area contributed by atoms with Crippen molar-refractivity contribution in [3.63, 3.8) is 0 Å². The van der Waals surface area contributed by atoms with Gasteiger partial charge in [0.1, 0.15) is 11.0 Å². The first kappa shape index (κ1) is 23.4. The summed E-state index contributed by atoms with van der Waals surface area (Å²) in [6, 6.07) is 20.3. The van der Waals surface area contributed by atoms with E-state index in [4.69, 9.17) is 0 Å². The molecule has 3 amide bonds. The first-order valence-electron chi connectivity index (χ1n) is 11.2. The minimum Gasteiger partial charge on any atom is -0.326 e. The number of carbonyl (C=O) groups excluding carboxylic acids is 2. The van der Waals surface area contributed by atoms with Crippen LogP contribution in [0.25, 0.3) is 21.3 Å². The van der Waals surface area contributed by atoms with Crippen molar-refractivity contribution >= 4 is 44.9 Å². The van der Waals surface area contributed by atoms with Gasteiger partial charge in [-0.15, -0.1) is 10.2 Å². The Bertz CT molecular complexity index is 1310. The van der Waals surface area contributed by atoms with Gasteiger partial charge in [-0.05, 0) is 30.4 Å². The van der Waals surface area contributed by atoms with E-state index in [1.165, 1.54) is 11.3 Å². The number of rotatable bonds is 7. The van der Waals surface area contributed by atoms with Gasteiger partial charge in [0, 0.05) is 10.9 Å². The van der Waals surface area contributed by atoms with Crippen LogP contribution >= 0.6 is 11.3 Å². The quantitative estimate of drug-likeness (QED) is 0.314. The Hall–Kier alpha value is -3.78. The molecule has 0 aliphatic rings. The third-order valence-corrected chi connectivity index (χ3v) is 6.63. The fourth-order valence-corrected chi connectivity index (χ4v) is 4.43. The van der Waals surface area contributed by atoms with Crippen LogP contribution in [0.5, 0.6) is 0 Å². The van der Waals surface area contributed by atoms with Gasteiger partial charge >= 0.3 is 6.03 Å².